The van der Waals surface area contributed by atoms with Gasteiger partial charge in [-0.15, -0.1) is 15.3 Å². The molecule has 4 heterocycles. The summed E-state index contributed by atoms with van der Waals surface area (Å²) in [6.45, 7) is 0. The van der Waals surface area contributed by atoms with Gasteiger partial charge in [-0.25, -0.2) is 8.42 Å². The second kappa shape index (κ2) is 5.61. The number of rotatable bonds is 3. The standard InChI is InChI=1S/C17H13N5O2S2/c23-26(24)10-13(12-3-1-2-4-14(12)26)18-15-5-6-16-19-20-17(22(16)21-15)11-7-8-25-9-11/h1-9,13H,10H2,(H,18,21). The predicted octanol–water partition coefficient (Wildman–Crippen LogP) is 2.79. The van der Waals surface area contributed by atoms with E-state index >= 15 is 0 Å². The third-order valence-electron chi connectivity index (χ3n) is 4.38. The van der Waals surface area contributed by atoms with Gasteiger partial charge in [0.25, 0.3) is 0 Å². The SMILES string of the molecule is O=S1(=O)CC(Nc2ccc3nnc(-c4ccsc4)n3n2)c2ccccc21. The molecule has 4 aromatic rings. The number of fused-ring (bicyclic) bond motifs is 2. The summed E-state index contributed by atoms with van der Waals surface area (Å²) < 4.78 is 26.4. The maximum Gasteiger partial charge on any atom is 0.186 e. The van der Waals surface area contributed by atoms with Crippen molar-refractivity contribution in [3.8, 4) is 11.4 Å². The molecule has 0 radical (unpaired) electrons. The number of nitrogens with one attached hydrogen (secondary N) is 1. The molecule has 1 atom stereocenters. The Morgan fingerprint density at radius 1 is 1.12 bits per heavy atom. The highest BCUT2D eigenvalue weighted by Crippen LogP contribution is 2.35. The number of anilines is 1. The van der Waals surface area contributed by atoms with Gasteiger partial charge in [0.1, 0.15) is 5.82 Å². The van der Waals surface area contributed by atoms with Crippen LogP contribution in [0.3, 0.4) is 0 Å². The van der Waals surface area contributed by atoms with Gasteiger partial charge in [-0.1, -0.05) is 18.2 Å². The van der Waals surface area contributed by atoms with E-state index in [9.17, 15) is 8.42 Å². The van der Waals surface area contributed by atoms with Gasteiger partial charge in [-0.05, 0) is 35.2 Å². The van der Waals surface area contributed by atoms with Gasteiger partial charge in [0.15, 0.2) is 21.3 Å². The zero-order chi connectivity index (χ0) is 17.7. The van der Waals surface area contributed by atoms with Gasteiger partial charge >= 0.3 is 0 Å². The second-order valence-corrected chi connectivity index (χ2v) is 8.82. The highest BCUT2D eigenvalue weighted by atomic mass is 32.2. The lowest BCUT2D eigenvalue weighted by molar-refractivity contribution is 0.598. The molecule has 0 bridgehead atoms. The van der Waals surface area contributed by atoms with Crippen molar-refractivity contribution < 1.29 is 8.42 Å². The molecule has 7 nitrogen and oxygen atoms in total. The first-order valence-electron chi connectivity index (χ1n) is 7.95. The maximum atomic E-state index is 12.3. The molecule has 9 heteroatoms. The minimum absolute atomic E-state index is 0.0195. The smallest absolute Gasteiger partial charge is 0.186 e. The summed E-state index contributed by atoms with van der Waals surface area (Å²) in [5.74, 6) is 1.25. The van der Waals surface area contributed by atoms with Crippen LogP contribution in [0.1, 0.15) is 11.6 Å². The van der Waals surface area contributed by atoms with E-state index < -0.39 is 9.84 Å². The Morgan fingerprint density at radius 2 is 2.00 bits per heavy atom. The highest BCUT2D eigenvalue weighted by Gasteiger charge is 2.34. The van der Waals surface area contributed by atoms with E-state index in [0.717, 1.165) is 11.1 Å². The van der Waals surface area contributed by atoms with E-state index in [1.54, 1.807) is 34.1 Å². The predicted molar refractivity (Wildman–Crippen MR) is 99.0 cm³/mol. The van der Waals surface area contributed by atoms with Gasteiger partial charge in [-0.2, -0.15) is 15.9 Å². The Kier molecular flexibility index (Phi) is 3.34. The first-order chi connectivity index (χ1) is 12.6. The lowest BCUT2D eigenvalue weighted by Crippen LogP contribution is -2.14. The molecule has 1 aromatic carbocycles. The van der Waals surface area contributed by atoms with E-state index in [1.165, 1.54) is 0 Å². The number of thiophene rings is 1. The number of sulfone groups is 1. The number of hydrogen-bond acceptors (Lipinski definition) is 7. The third kappa shape index (κ3) is 2.39. The van der Waals surface area contributed by atoms with Crippen LogP contribution in [0, 0.1) is 0 Å². The molecule has 1 aliphatic heterocycles. The lowest BCUT2D eigenvalue weighted by Gasteiger charge is -2.13. The first-order valence-corrected chi connectivity index (χ1v) is 10.5. The molecule has 0 saturated carbocycles. The summed E-state index contributed by atoms with van der Waals surface area (Å²) in [7, 11) is -3.27. The maximum absolute atomic E-state index is 12.3. The molecule has 1 N–H and O–H groups in total. The Balaban J connectivity index is 1.54. The zero-order valence-corrected chi connectivity index (χ0v) is 15.0. The Labute approximate surface area is 153 Å². The summed E-state index contributed by atoms with van der Waals surface area (Å²) >= 11 is 1.58. The van der Waals surface area contributed by atoms with E-state index in [4.69, 9.17) is 0 Å². The molecule has 1 aliphatic rings. The number of nitrogens with zero attached hydrogens (tertiary/aromatic N) is 4. The number of hydrogen-bond donors (Lipinski definition) is 1. The van der Waals surface area contributed by atoms with E-state index in [2.05, 4.69) is 20.6 Å². The summed E-state index contributed by atoms with van der Waals surface area (Å²) in [5, 5.41) is 20.1. The van der Waals surface area contributed by atoms with Crippen LogP contribution >= 0.6 is 11.3 Å². The summed E-state index contributed by atoms with van der Waals surface area (Å²) in [4.78, 5) is 0.391. The zero-order valence-electron chi connectivity index (χ0n) is 13.4. The molecule has 26 heavy (non-hydrogen) atoms. The fraction of sp³-hybridized carbons (Fsp3) is 0.118. The number of aromatic nitrogens is 4. The summed E-state index contributed by atoms with van der Waals surface area (Å²) in [6.07, 6.45) is 0. The van der Waals surface area contributed by atoms with Gasteiger partial charge in [0.05, 0.1) is 16.7 Å². The van der Waals surface area contributed by atoms with Crippen LogP contribution in [0.5, 0.6) is 0 Å². The lowest BCUT2D eigenvalue weighted by atomic mass is 10.1. The van der Waals surface area contributed by atoms with Crippen LogP contribution < -0.4 is 5.32 Å². The monoisotopic (exact) mass is 383 g/mol. The summed E-state index contributed by atoms with van der Waals surface area (Å²) in [5.41, 5.74) is 2.35. The molecule has 3 aromatic heterocycles. The van der Waals surface area contributed by atoms with Crippen LogP contribution in [0.15, 0.2) is 58.1 Å². The second-order valence-electron chi connectivity index (χ2n) is 6.04. The summed E-state index contributed by atoms with van der Waals surface area (Å²) in [6, 6.07) is 12.3. The molecule has 0 aliphatic carbocycles. The molecule has 0 fully saturated rings. The molecule has 0 saturated heterocycles. The normalized spacial score (nSPS) is 18.1. The van der Waals surface area contributed by atoms with Crippen molar-refractivity contribution in [3.63, 3.8) is 0 Å². The molecule has 5 rings (SSSR count). The third-order valence-corrected chi connectivity index (χ3v) is 6.88. The van der Waals surface area contributed by atoms with Crippen LogP contribution in [-0.2, 0) is 9.84 Å². The average Bonchev–Trinajstić information content (AvgIpc) is 3.34. The minimum Gasteiger partial charge on any atom is -0.361 e. The van der Waals surface area contributed by atoms with Crippen LogP contribution in [-0.4, -0.2) is 34.0 Å². The average molecular weight is 383 g/mol. The molecule has 1 unspecified atom stereocenters. The molecule has 0 spiro atoms. The van der Waals surface area contributed by atoms with Crippen LogP contribution in [0.25, 0.3) is 17.0 Å². The largest absolute Gasteiger partial charge is 0.361 e. The van der Waals surface area contributed by atoms with E-state index in [0.29, 0.717) is 22.2 Å². The van der Waals surface area contributed by atoms with Crippen LogP contribution in [0.2, 0.25) is 0 Å². The molecular weight excluding hydrogens is 370 g/mol. The van der Waals surface area contributed by atoms with Gasteiger partial charge in [0.2, 0.25) is 0 Å². The van der Waals surface area contributed by atoms with Gasteiger partial charge in [-0.3, -0.25) is 0 Å². The first kappa shape index (κ1) is 15.5. The molecular formula is C17H13N5O2S2. The van der Waals surface area contributed by atoms with Crippen molar-refractivity contribution in [3.05, 3.63) is 58.8 Å². The van der Waals surface area contributed by atoms with E-state index in [1.807, 2.05) is 35.0 Å². The topological polar surface area (TPSA) is 89.2 Å². The van der Waals surface area contributed by atoms with Gasteiger partial charge in [0, 0.05) is 10.9 Å². The number of benzene rings is 1. The van der Waals surface area contributed by atoms with Gasteiger partial charge < -0.3 is 5.32 Å². The van der Waals surface area contributed by atoms with Crippen molar-refractivity contribution in [1.82, 2.24) is 19.8 Å². The quantitative estimate of drug-likeness (QED) is 0.585. The molecule has 0 amide bonds. The highest BCUT2D eigenvalue weighted by molar-refractivity contribution is 7.91. The van der Waals surface area contributed by atoms with Crippen molar-refractivity contribution >= 4 is 32.6 Å². The van der Waals surface area contributed by atoms with E-state index in [-0.39, 0.29) is 11.8 Å². The fourth-order valence-electron chi connectivity index (χ4n) is 3.19. The fourth-order valence-corrected chi connectivity index (χ4v) is 5.56. The van der Waals surface area contributed by atoms with Crippen molar-refractivity contribution in [2.75, 3.05) is 11.1 Å². The molecule has 130 valence electrons. The van der Waals surface area contributed by atoms with Crippen molar-refractivity contribution in [2.24, 2.45) is 0 Å². The van der Waals surface area contributed by atoms with Crippen molar-refractivity contribution in [1.29, 1.82) is 0 Å². The Bertz CT molecular complexity index is 1220. The Hall–Kier alpha value is -2.78. The Morgan fingerprint density at radius 3 is 2.85 bits per heavy atom. The van der Waals surface area contributed by atoms with Crippen LogP contribution in [0.4, 0.5) is 5.82 Å². The minimum atomic E-state index is -3.27. The van der Waals surface area contributed by atoms with Crippen molar-refractivity contribution in [2.45, 2.75) is 10.9 Å².